The van der Waals surface area contributed by atoms with Crippen molar-refractivity contribution < 1.29 is 19.4 Å². The number of rotatable bonds is 5. The Bertz CT molecular complexity index is 671. The van der Waals surface area contributed by atoms with Gasteiger partial charge in [-0.2, -0.15) is 0 Å². The van der Waals surface area contributed by atoms with Gasteiger partial charge in [0.2, 0.25) is 0 Å². The first-order valence-corrected chi connectivity index (χ1v) is 8.12. The van der Waals surface area contributed by atoms with Crippen molar-refractivity contribution >= 4 is 11.9 Å². The summed E-state index contributed by atoms with van der Waals surface area (Å²) in [5.41, 5.74) is 3.31. The first kappa shape index (κ1) is 18.3. The van der Waals surface area contributed by atoms with Crippen LogP contribution < -0.4 is 9.47 Å². The molecule has 4 heteroatoms. The zero-order valence-electron chi connectivity index (χ0n) is 15.1. The molecule has 0 atom stereocenters. The maximum Gasteiger partial charge on any atom is 0.143 e. The molecule has 130 valence electrons. The Balaban J connectivity index is 2.50. The summed E-state index contributed by atoms with van der Waals surface area (Å²) in [5, 5.41) is 9.68. The number of hydrogen-bond donors (Lipinski definition) is 1. The van der Waals surface area contributed by atoms with E-state index < -0.39 is 5.41 Å². The Hall–Kier alpha value is -2.07. The second-order valence-corrected chi connectivity index (χ2v) is 6.64. The van der Waals surface area contributed by atoms with Crippen molar-refractivity contribution in [3.8, 4) is 11.5 Å². The van der Waals surface area contributed by atoms with E-state index in [-0.39, 0.29) is 12.4 Å². The van der Waals surface area contributed by atoms with E-state index in [1.54, 1.807) is 26.4 Å². The predicted molar refractivity (Wildman–Crippen MR) is 95.2 cm³/mol. The van der Waals surface area contributed by atoms with E-state index in [1.807, 2.05) is 26.0 Å². The molecular formula is C20H26O4. The summed E-state index contributed by atoms with van der Waals surface area (Å²) in [5.74, 6) is 1.53. The fourth-order valence-electron chi connectivity index (χ4n) is 3.21. The molecule has 1 aliphatic carbocycles. The SMILES string of the molecule is COc1cc(CO)c(/C=C\C2=C(C)CCC(=O)C2(C)C)c(OC)c1. The van der Waals surface area contributed by atoms with Crippen molar-refractivity contribution in [2.24, 2.45) is 5.41 Å². The summed E-state index contributed by atoms with van der Waals surface area (Å²) in [4.78, 5) is 12.3. The second kappa shape index (κ2) is 7.22. The molecule has 1 N–H and O–H groups in total. The van der Waals surface area contributed by atoms with Crippen LogP contribution in [0.4, 0.5) is 0 Å². The Morgan fingerprint density at radius 3 is 2.46 bits per heavy atom. The summed E-state index contributed by atoms with van der Waals surface area (Å²) < 4.78 is 10.7. The van der Waals surface area contributed by atoms with Gasteiger partial charge < -0.3 is 14.6 Å². The van der Waals surface area contributed by atoms with Crippen molar-refractivity contribution in [3.05, 3.63) is 40.5 Å². The Morgan fingerprint density at radius 2 is 1.88 bits per heavy atom. The van der Waals surface area contributed by atoms with Gasteiger partial charge in [-0.3, -0.25) is 4.79 Å². The lowest BCUT2D eigenvalue weighted by Crippen LogP contribution is -2.30. The van der Waals surface area contributed by atoms with Crippen LogP contribution in [0.3, 0.4) is 0 Å². The molecule has 0 unspecified atom stereocenters. The average molecular weight is 330 g/mol. The molecule has 0 aromatic heterocycles. The molecule has 0 fully saturated rings. The highest BCUT2D eigenvalue weighted by Gasteiger charge is 2.34. The number of allylic oxidation sites excluding steroid dienone is 3. The Morgan fingerprint density at radius 1 is 1.17 bits per heavy atom. The number of ketones is 1. The van der Waals surface area contributed by atoms with Gasteiger partial charge in [-0.25, -0.2) is 0 Å². The van der Waals surface area contributed by atoms with Gasteiger partial charge in [0.25, 0.3) is 0 Å². The van der Waals surface area contributed by atoms with E-state index in [0.29, 0.717) is 17.9 Å². The smallest absolute Gasteiger partial charge is 0.143 e. The number of carbonyl (C=O) groups is 1. The van der Waals surface area contributed by atoms with Gasteiger partial charge in [-0.05, 0) is 44.4 Å². The Kier molecular flexibility index (Phi) is 5.50. The van der Waals surface area contributed by atoms with Gasteiger partial charge in [-0.15, -0.1) is 0 Å². The zero-order valence-corrected chi connectivity index (χ0v) is 15.1. The van der Waals surface area contributed by atoms with Crippen LogP contribution in [0.2, 0.25) is 0 Å². The minimum absolute atomic E-state index is 0.117. The highest BCUT2D eigenvalue weighted by atomic mass is 16.5. The molecule has 1 aromatic carbocycles. The summed E-state index contributed by atoms with van der Waals surface area (Å²) in [6.07, 6.45) is 5.30. The van der Waals surface area contributed by atoms with Crippen molar-refractivity contribution in [1.82, 2.24) is 0 Å². The van der Waals surface area contributed by atoms with Crippen LogP contribution in [0.5, 0.6) is 11.5 Å². The standard InChI is InChI=1S/C20H26O4/c1-13-6-9-19(22)20(2,3)17(13)8-7-16-14(12-21)10-15(23-4)11-18(16)24-5/h7-8,10-11,21H,6,9,12H2,1-5H3/b8-7-. The molecule has 0 spiro atoms. The monoisotopic (exact) mass is 330 g/mol. The largest absolute Gasteiger partial charge is 0.497 e. The highest BCUT2D eigenvalue weighted by Crippen LogP contribution is 2.39. The molecule has 0 bridgehead atoms. The number of Topliss-reactive ketones (excluding diaryl/α,β-unsaturated/α-hetero) is 1. The lowest BCUT2D eigenvalue weighted by Gasteiger charge is -2.31. The maximum atomic E-state index is 12.3. The molecule has 2 rings (SSSR count). The molecule has 1 aliphatic rings. The van der Waals surface area contributed by atoms with Gasteiger partial charge in [0.05, 0.1) is 20.8 Å². The van der Waals surface area contributed by atoms with Crippen LogP contribution in [-0.2, 0) is 11.4 Å². The second-order valence-electron chi connectivity index (χ2n) is 6.64. The van der Waals surface area contributed by atoms with E-state index >= 15 is 0 Å². The van der Waals surface area contributed by atoms with E-state index in [0.717, 1.165) is 23.1 Å². The van der Waals surface area contributed by atoms with Crippen molar-refractivity contribution in [2.75, 3.05) is 14.2 Å². The number of aliphatic hydroxyl groups is 1. The minimum atomic E-state index is -0.488. The van der Waals surface area contributed by atoms with Gasteiger partial charge in [-0.1, -0.05) is 17.7 Å². The van der Waals surface area contributed by atoms with Gasteiger partial charge in [0, 0.05) is 23.5 Å². The average Bonchev–Trinajstić information content (AvgIpc) is 2.57. The molecule has 1 aromatic rings. The van der Waals surface area contributed by atoms with Crippen LogP contribution in [0, 0.1) is 5.41 Å². The number of methoxy groups -OCH3 is 2. The molecule has 0 heterocycles. The van der Waals surface area contributed by atoms with Crippen molar-refractivity contribution in [1.29, 1.82) is 0 Å². The Labute approximate surface area is 143 Å². The third-order valence-electron chi connectivity index (χ3n) is 4.80. The fraction of sp³-hybridized carbons (Fsp3) is 0.450. The van der Waals surface area contributed by atoms with Crippen LogP contribution in [0.15, 0.2) is 29.4 Å². The van der Waals surface area contributed by atoms with Crippen LogP contribution in [0.1, 0.15) is 44.7 Å². The van der Waals surface area contributed by atoms with E-state index in [4.69, 9.17) is 9.47 Å². The molecule has 0 saturated heterocycles. The fourth-order valence-corrected chi connectivity index (χ4v) is 3.21. The summed E-state index contributed by atoms with van der Waals surface area (Å²) in [6, 6.07) is 3.58. The van der Waals surface area contributed by atoms with Crippen LogP contribution in [0.25, 0.3) is 6.08 Å². The van der Waals surface area contributed by atoms with Gasteiger partial charge >= 0.3 is 0 Å². The summed E-state index contributed by atoms with van der Waals surface area (Å²) in [6.45, 7) is 5.89. The molecule has 24 heavy (non-hydrogen) atoms. The number of aliphatic hydroxyl groups excluding tert-OH is 1. The van der Waals surface area contributed by atoms with Crippen molar-refractivity contribution in [3.63, 3.8) is 0 Å². The van der Waals surface area contributed by atoms with E-state index in [2.05, 4.69) is 6.92 Å². The minimum Gasteiger partial charge on any atom is -0.497 e. The van der Waals surface area contributed by atoms with Gasteiger partial charge in [0.1, 0.15) is 17.3 Å². The molecule has 4 nitrogen and oxygen atoms in total. The predicted octanol–water partition coefficient (Wildman–Crippen LogP) is 3.91. The third kappa shape index (κ3) is 3.39. The lowest BCUT2D eigenvalue weighted by atomic mass is 9.71. The van der Waals surface area contributed by atoms with Crippen LogP contribution in [-0.4, -0.2) is 25.1 Å². The summed E-state index contributed by atoms with van der Waals surface area (Å²) in [7, 11) is 3.17. The maximum absolute atomic E-state index is 12.3. The lowest BCUT2D eigenvalue weighted by molar-refractivity contribution is -0.125. The summed E-state index contributed by atoms with van der Waals surface area (Å²) >= 11 is 0. The molecular weight excluding hydrogens is 304 g/mol. The molecule has 0 radical (unpaired) electrons. The molecule has 0 aliphatic heterocycles. The van der Waals surface area contributed by atoms with Crippen molar-refractivity contribution in [2.45, 2.75) is 40.2 Å². The van der Waals surface area contributed by atoms with Crippen LogP contribution >= 0.6 is 0 Å². The number of hydrogen-bond acceptors (Lipinski definition) is 4. The quantitative estimate of drug-likeness (QED) is 0.889. The number of ether oxygens (including phenoxy) is 2. The zero-order chi connectivity index (χ0) is 17.9. The molecule has 0 saturated carbocycles. The normalized spacial score (nSPS) is 17.5. The first-order valence-electron chi connectivity index (χ1n) is 8.12. The van der Waals surface area contributed by atoms with E-state index in [1.165, 1.54) is 5.57 Å². The molecule has 0 amide bonds. The van der Waals surface area contributed by atoms with Gasteiger partial charge in [0.15, 0.2) is 0 Å². The third-order valence-corrected chi connectivity index (χ3v) is 4.80. The van der Waals surface area contributed by atoms with E-state index in [9.17, 15) is 9.90 Å². The highest BCUT2D eigenvalue weighted by molar-refractivity contribution is 5.90. The first-order chi connectivity index (χ1) is 11.3. The topological polar surface area (TPSA) is 55.8 Å². The number of benzene rings is 1. The number of carbonyl (C=O) groups excluding carboxylic acids is 1.